The first-order chi connectivity index (χ1) is 13.7. The lowest BCUT2D eigenvalue weighted by Crippen LogP contribution is -2.05. The second-order valence-electron chi connectivity index (χ2n) is 6.11. The van der Waals surface area contributed by atoms with E-state index >= 15 is 0 Å². The van der Waals surface area contributed by atoms with Gasteiger partial charge in [0.25, 0.3) is 0 Å². The van der Waals surface area contributed by atoms with Crippen molar-refractivity contribution in [3.8, 4) is 22.8 Å². The average molecular weight is 485 g/mol. The first kappa shape index (κ1) is 17.1. The number of rotatable bonds is 3. The highest BCUT2D eigenvalue weighted by Gasteiger charge is 2.26. The summed E-state index contributed by atoms with van der Waals surface area (Å²) in [4.78, 5) is 16.5. The van der Waals surface area contributed by atoms with Gasteiger partial charge in [0.15, 0.2) is 17.2 Å². The zero-order valence-corrected chi connectivity index (χ0v) is 16.5. The maximum Gasteiger partial charge on any atom is 0.363 e. The van der Waals surface area contributed by atoms with Crippen LogP contribution in [0.4, 0.5) is 0 Å². The molecule has 0 amide bonds. The normalized spacial score (nSPS) is 16.4. The lowest BCUT2D eigenvalue weighted by molar-refractivity contribution is -0.129. The molecule has 5 rings (SSSR count). The third-order valence-corrected chi connectivity index (χ3v) is 4.99. The predicted octanol–water partition coefficient (Wildman–Crippen LogP) is 4.62. The van der Waals surface area contributed by atoms with Gasteiger partial charge < -0.3 is 18.6 Å². The van der Waals surface area contributed by atoms with Crippen LogP contribution in [0.25, 0.3) is 17.4 Å². The Morgan fingerprint density at radius 1 is 0.929 bits per heavy atom. The van der Waals surface area contributed by atoms with Crippen LogP contribution in [0.3, 0.4) is 0 Å². The highest BCUT2D eigenvalue weighted by molar-refractivity contribution is 14.1. The topological polar surface area (TPSA) is 70.3 Å². The Balaban J connectivity index is 1.42. The summed E-state index contributed by atoms with van der Waals surface area (Å²) in [5, 5.41) is 0. The van der Waals surface area contributed by atoms with E-state index in [4.69, 9.17) is 18.6 Å². The molecule has 3 aromatic rings. The Hall–Kier alpha value is -3.07. The molecular formula is C21H12INO5. The SMILES string of the molecule is O=C1OC(c2ccc3c(c2)OCO3)=NC1=Cc1ccc(-c2ccc(I)cc2)o1. The molecule has 138 valence electrons. The van der Waals surface area contributed by atoms with Gasteiger partial charge in [-0.2, -0.15) is 0 Å². The number of carbonyl (C=O) groups is 1. The van der Waals surface area contributed by atoms with E-state index in [1.165, 1.54) is 0 Å². The van der Waals surface area contributed by atoms with Crippen LogP contribution in [-0.2, 0) is 9.53 Å². The maximum atomic E-state index is 12.2. The first-order valence-corrected chi connectivity index (χ1v) is 9.52. The van der Waals surface area contributed by atoms with Crippen molar-refractivity contribution in [3.63, 3.8) is 0 Å². The molecule has 3 heterocycles. The summed E-state index contributed by atoms with van der Waals surface area (Å²) in [6.07, 6.45) is 1.57. The smallest absolute Gasteiger partial charge is 0.363 e. The summed E-state index contributed by atoms with van der Waals surface area (Å²) in [6.45, 7) is 0.178. The fraction of sp³-hybridized carbons (Fsp3) is 0.0476. The van der Waals surface area contributed by atoms with Gasteiger partial charge in [-0.25, -0.2) is 9.79 Å². The molecule has 0 radical (unpaired) electrons. The Bertz CT molecular complexity index is 1140. The predicted molar refractivity (Wildman–Crippen MR) is 110 cm³/mol. The summed E-state index contributed by atoms with van der Waals surface area (Å²) in [6, 6.07) is 16.9. The van der Waals surface area contributed by atoms with Crippen molar-refractivity contribution in [2.45, 2.75) is 0 Å². The highest BCUT2D eigenvalue weighted by atomic mass is 127. The van der Waals surface area contributed by atoms with Crippen LogP contribution >= 0.6 is 22.6 Å². The molecule has 0 aliphatic carbocycles. The number of carbonyl (C=O) groups excluding carboxylic acids is 1. The number of hydrogen-bond donors (Lipinski definition) is 0. The number of hydrogen-bond acceptors (Lipinski definition) is 6. The number of cyclic esters (lactones) is 1. The molecule has 0 spiro atoms. The van der Waals surface area contributed by atoms with Gasteiger partial charge in [0.05, 0.1) is 0 Å². The summed E-state index contributed by atoms with van der Waals surface area (Å²) in [7, 11) is 0. The van der Waals surface area contributed by atoms with Crippen LogP contribution in [0.1, 0.15) is 11.3 Å². The van der Waals surface area contributed by atoms with E-state index in [1.807, 2.05) is 30.3 Å². The van der Waals surface area contributed by atoms with E-state index < -0.39 is 5.97 Å². The molecule has 0 N–H and O–H groups in total. The molecule has 0 fully saturated rings. The lowest BCUT2D eigenvalue weighted by atomic mass is 10.2. The maximum absolute atomic E-state index is 12.2. The molecule has 0 bridgehead atoms. The van der Waals surface area contributed by atoms with Gasteiger partial charge in [-0.3, -0.25) is 0 Å². The molecule has 1 aromatic heterocycles. The van der Waals surface area contributed by atoms with Crippen LogP contribution in [0.5, 0.6) is 11.5 Å². The molecule has 0 atom stereocenters. The van der Waals surface area contributed by atoms with Gasteiger partial charge in [0.2, 0.25) is 12.7 Å². The third-order valence-electron chi connectivity index (χ3n) is 4.27. The number of aliphatic imine (C=N–C) groups is 1. The second kappa shape index (κ2) is 6.83. The van der Waals surface area contributed by atoms with Gasteiger partial charge in [0.1, 0.15) is 11.5 Å². The minimum atomic E-state index is -0.528. The van der Waals surface area contributed by atoms with E-state index in [2.05, 4.69) is 27.6 Å². The van der Waals surface area contributed by atoms with E-state index in [1.54, 1.807) is 30.3 Å². The van der Waals surface area contributed by atoms with Crippen molar-refractivity contribution in [1.82, 2.24) is 0 Å². The minimum Gasteiger partial charge on any atom is -0.457 e. The van der Waals surface area contributed by atoms with Crippen molar-refractivity contribution in [3.05, 3.63) is 75.2 Å². The molecule has 0 unspecified atom stereocenters. The van der Waals surface area contributed by atoms with Crippen LogP contribution < -0.4 is 9.47 Å². The molecule has 6 nitrogen and oxygen atoms in total. The number of benzene rings is 2. The number of ether oxygens (including phenoxy) is 3. The first-order valence-electron chi connectivity index (χ1n) is 8.44. The van der Waals surface area contributed by atoms with E-state index in [0.29, 0.717) is 22.8 Å². The molecular weight excluding hydrogens is 473 g/mol. The quantitative estimate of drug-likeness (QED) is 0.308. The summed E-state index contributed by atoms with van der Waals surface area (Å²) >= 11 is 2.25. The van der Waals surface area contributed by atoms with Gasteiger partial charge >= 0.3 is 5.97 Å². The Morgan fingerprint density at radius 2 is 1.71 bits per heavy atom. The van der Waals surface area contributed by atoms with E-state index in [9.17, 15) is 4.79 Å². The van der Waals surface area contributed by atoms with Crippen molar-refractivity contribution >= 4 is 40.5 Å². The average Bonchev–Trinajstić information content (AvgIpc) is 3.43. The van der Waals surface area contributed by atoms with E-state index in [0.717, 1.165) is 14.9 Å². The number of nitrogens with zero attached hydrogens (tertiary/aromatic N) is 1. The second-order valence-corrected chi connectivity index (χ2v) is 7.36. The standard InChI is InChI=1S/C21H12INO5/c22-14-4-1-12(2-5-14)17-8-6-15(27-17)10-16-21(24)28-20(23-16)13-3-7-18-19(9-13)26-11-25-18/h1-10H,11H2. The minimum absolute atomic E-state index is 0.177. The Morgan fingerprint density at radius 3 is 2.57 bits per heavy atom. The number of halogens is 1. The zero-order valence-electron chi connectivity index (χ0n) is 14.3. The third kappa shape index (κ3) is 3.18. The van der Waals surface area contributed by atoms with Crippen molar-refractivity contribution in [2.75, 3.05) is 6.79 Å². The van der Waals surface area contributed by atoms with Crippen molar-refractivity contribution in [1.29, 1.82) is 0 Å². The summed E-state index contributed by atoms with van der Waals surface area (Å²) in [5.41, 5.74) is 1.78. The van der Waals surface area contributed by atoms with Gasteiger partial charge in [0, 0.05) is 20.8 Å². The van der Waals surface area contributed by atoms with Crippen molar-refractivity contribution < 1.29 is 23.4 Å². The lowest BCUT2D eigenvalue weighted by Gasteiger charge is -2.01. The molecule has 0 saturated carbocycles. The molecule has 28 heavy (non-hydrogen) atoms. The summed E-state index contributed by atoms with van der Waals surface area (Å²) < 4.78 is 22.9. The number of fused-ring (bicyclic) bond motifs is 1. The van der Waals surface area contributed by atoms with Crippen LogP contribution in [-0.4, -0.2) is 18.7 Å². The fourth-order valence-corrected chi connectivity index (χ4v) is 3.26. The van der Waals surface area contributed by atoms with Gasteiger partial charge in [-0.15, -0.1) is 0 Å². The highest BCUT2D eigenvalue weighted by Crippen LogP contribution is 2.33. The molecule has 0 saturated heterocycles. The van der Waals surface area contributed by atoms with Gasteiger partial charge in [-0.05, 0) is 65.1 Å². The Kier molecular flexibility index (Phi) is 4.16. The molecule has 7 heteroatoms. The monoisotopic (exact) mass is 485 g/mol. The molecule has 2 aliphatic rings. The number of esters is 1. The van der Waals surface area contributed by atoms with E-state index in [-0.39, 0.29) is 18.4 Å². The fourth-order valence-electron chi connectivity index (χ4n) is 2.90. The van der Waals surface area contributed by atoms with Crippen LogP contribution in [0.2, 0.25) is 0 Å². The molecule has 2 aliphatic heterocycles. The van der Waals surface area contributed by atoms with Crippen molar-refractivity contribution in [2.24, 2.45) is 4.99 Å². The summed E-state index contributed by atoms with van der Waals surface area (Å²) in [5.74, 6) is 2.19. The Labute approximate surface area is 173 Å². The van der Waals surface area contributed by atoms with Crippen LogP contribution in [0.15, 0.2) is 69.7 Å². The van der Waals surface area contributed by atoms with Crippen LogP contribution in [0, 0.1) is 3.57 Å². The van der Waals surface area contributed by atoms with Gasteiger partial charge in [-0.1, -0.05) is 12.1 Å². The molecule has 2 aromatic carbocycles. The number of furan rings is 1. The zero-order chi connectivity index (χ0) is 19.1. The largest absolute Gasteiger partial charge is 0.457 e.